The van der Waals surface area contributed by atoms with Gasteiger partial charge in [-0.1, -0.05) is 84.9 Å². The SMILES string of the molecule is NC(Cc1ccccc1)C(=O)NC(/C=C/S(=O)(=O)c1ccccc1)CCc1ccccc1. The molecular weight excluding hydrogens is 420 g/mol. The predicted octanol–water partition coefficient (Wildman–Crippen LogP) is 3.66. The molecule has 32 heavy (non-hydrogen) atoms. The van der Waals surface area contributed by atoms with Gasteiger partial charge in [0.1, 0.15) is 0 Å². The first-order chi connectivity index (χ1) is 15.4. The van der Waals surface area contributed by atoms with Crippen LogP contribution >= 0.6 is 0 Å². The molecule has 2 unspecified atom stereocenters. The van der Waals surface area contributed by atoms with Crippen LogP contribution in [0, 0.1) is 0 Å². The van der Waals surface area contributed by atoms with Crippen molar-refractivity contribution >= 4 is 15.7 Å². The zero-order chi connectivity index (χ0) is 22.8. The maximum Gasteiger partial charge on any atom is 0.237 e. The number of nitrogens with one attached hydrogen (secondary N) is 1. The summed E-state index contributed by atoms with van der Waals surface area (Å²) in [6, 6.07) is 26.4. The van der Waals surface area contributed by atoms with E-state index in [-0.39, 0.29) is 10.8 Å². The average molecular weight is 449 g/mol. The van der Waals surface area contributed by atoms with E-state index in [1.807, 2.05) is 60.7 Å². The quantitative estimate of drug-likeness (QED) is 0.495. The number of hydrogen-bond donors (Lipinski definition) is 2. The van der Waals surface area contributed by atoms with E-state index in [2.05, 4.69) is 5.32 Å². The minimum Gasteiger partial charge on any atom is -0.349 e. The Balaban J connectivity index is 1.71. The van der Waals surface area contributed by atoms with Crippen LogP contribution in [0.1, 0.15) is 17.5 Å². The molecule has 2 atom stereocenters. The second-order valence-electron chi connectivity index (χ2n) is 7.62. The summed E-state index contributed by atoms with van der Waals surface area (Å²) in [7, 11) is -3.61. The molecule has 0 saturated heterocycles. The predicted molar refractivity (Wildman–Crippen MR) is 128 cm³/mol. The van der Waals surface area contributed by atoms with Crippen molar-refractivity contribution in [2.75, 3.05) is 0 Å². The monoisotopic (exact) mass is 448 g/mol. The van der Waals surface area contributed by atoms with Crippen molar-refractivity contribution in [3.8, 4) is 0 Å². The summed E-state index contributed by atoms with van der Waals surface area (Å²) in [5.74, 6) is -0.311. The van der Waals surface area contributed by atoms with Crippen molar-refractivity contribution < 1.29 is 13.2 Å². The molecule has 3 N–H and O–H groups in total. The fourth-order valence-electron chi connectivity index (χ4n) is 3.32. The summed E-state index contributed by atoms with van der Waals surface area (Å²) in [5, 5.41) is 4.08. The van der Waals surface area contributed by atoms with Gasteiger partial charge in [-0.3, -0.25) is 4.79 Å². The van der Waals surface area contributed by atoms with Crippen molar-refractivity contribution in [1.29, 1.82) is 0 Å². The highest BCUT2D eigenvalue weighted by atomic mass is 32.2. The molecule has 0 heterocycles. The lowest BCUT2D eigenvalue weighted by Gasteiger charge is -2.19. The highest BCUT2D eigenvalue weighted by Gasteiger charge is 2.18. The van der Waals surface area contributed by atoms with E-state index in [4.69, 9.17) is 5.73 Å². The lowest BCUT2D eigenvalue weighted by Crippen LogP contribution is -2.46. The van der Waals surface area contributed by atoms with Crippen LogP contribution in [0.3, 0.4) is 0 Å². The third kappa shape index (κ3) is 7.18. The number of sulfone groups is 1. The summed E-state index contributed by atoms with van der Waals surface area (Å²) in [6.45, 7) is 0. The Bertz CT molecular complexity index is 1120. The van der Waals surface area contributed by atoms with Gasteiger partial charge in [-0.2, -0.15) is 0 Å². The Morgan fingerprint density at radius 2 is 1.38 bits per heavy atom. The molecule has 0 spiro atoms. The molecule has 1 amide bonds. The Hall–Kier alpha value is -3.22. The van der Waals surface area contributed by atoms with Gasteiger partial charge in [0.15, 0.2) is 9.84 Å². The number of aryl methyl sites for hydroxylation is 1. The molecule has 3 rings (SSSR count). The number of nitrogens with two attached hydrogens (primary N) is 1. The first-order valence-electron chi connectivity index (χ1n) is 10.6. The number of benzene rings is 3. The Labute approximate surface area is 189 Å². The Kier molecular flexibility index (Phi) is 8.36. The van der Waals surface area contributed by atoms with Crippen LogP contribution in [0.25, 0.3) is 0 Å². The third-order valence-electron chi connectivity index (χ3n) is 5.11. The zero-order valence-electron chi connectivity index (χ0n) is 17.8. The number of carbonyl (C=O) groups is 1. The molecule has 0 aromatic heterocycles. The molecule has 3 aromatic carbocycles. The highest BCUT2D eigenvalue weighted by Crippen LogP contribution is 2.13. The molecule has 0 aliphatic heterocycles. The standard InChI is InChI=1S/C26H28N2O3S/c27-25(20-22-12-6-2-7-13-22)26(29)28-23(17-16-21-10-4-1-5-11-21)18-19-32(30,31)24-14-8-3-9-15-24/h1-15,18-19,23,25H,16-17,20,27H2,(H,28,29)/b19-18+. The second kappa shape index (κ2) is 11.4. The highest BCUT2D eigenvalue weighted by molar-refractivity contribution is 7.94. The van der Waals surface area contributed by atoms with E-state index in [9.17, 15) is 13.2 Å². The molecule has 6 heteroatoms. The zero-order valence-corrected chi connectivity index (χ0v) is 18.6. The number of hydrogen-bond acceptors (Lipinski definition) is 4. The smallest absolute Gasteiger partial charge is 0.237 e. The van der Waals surface area contributed by atoms with Gasteiger partial charge >= 0.3 is 0 Å². The van der Waals surface area contributed by atoms with Gasteiger partial charge in [0.05, 0.1) is 10.9 Å². The van der Waals surface area contributed by atoms with Gasteiger partial charge in [-0.15, -0.1) is 0 Å². The Morgan fingerprint density at radius 3 is 1.97 bits per heavy atom. The van der Waals surface area contributed by atoms with Gasteiger partial charge in [0.2, 0.25) is 5.91 Å². The molecule has 0 aliphatic rings. The van der Waals surface area contributed by atoms with E-state index in [0.29, 0.717) is 19.3 Å². The lowest BCUT2D eigenvalue weighted by atomic mass is 10.0. The molecule has 166 valence electrons. The summed E-state index contributed by atoms with van der Waals surface area (Å²) in [5.41, 5.74) is 8.20. The normalized spacial score (nSPS) is 13.5. The van der Waals surface area contributed by atoms with Crippen LogP contribution in [0.5, 0.6) is 0 Å². The molecule has 0 fully saturated rings. The lowest BCUT2D eigenvalue weighted by molar-refractivity contribution is -0.122. The summed E-state index contributed by atoms with van der Waals surface area (Å²) >= 11 is 0. The van der Waals surface area contributed by atoms with E-state index in [1.54, 1.807) is 36.4 Å². The minimum atomic E-state index is -3.61. The first-order valence-corrected chi connectivity index (χ1v) is 12.1. The van der Waals surface area contributed by atoms with Crippen LogP contribution < -0.4 is 11.1 Å². The third-order valence-corrected chi connectivity index (χ3v) is 6.56. The van der Waals surface area contributed by atoms with Gasteiger partial charge in [-0.05, 0) is 42.5 Å². The summed E-state index contributed by atoms with van der Waals surface area (Å²) in [6.07, 6.45) is 3.19. The molecule has 5 nitrogen and oxygen atoms in total. The van der Waals surface area contributed by atoms with Crippen LogP contribution in [0.15, 0.2) is 107 Å². The van der Waals surface area contributed by atoms with Crippen LogP contribution in [-0.2, 0) is 27.5 Å². The second-order valence-corrected chi connectivity index (χ2v) is 9.46. The largest absolute Gasteiger partial charge is 0.349 e. The molecular formula is C26H28N2O3S. The van der Waals surface area contributed by atoms with Crippen molar-refractivity contribution in [2.45, 2.75) is 36.2 Å². The van der Waals surface area contributed by atoms with Crippen LogP contribution in [0.2, 0.25) is 0 Å². The van der Waals surface area contributed by atoms with Crippen molar-refractivity contribution in [3.05, 3.63) is 114 Å². The van der Waals surface area contributed by atoms with Crippen molar-refractivity contribution in [2.24, 2.45) is 5.73 Å². The molecule has 0 aliphatic carbocycles. The van der Waals surface area contributed by atoms with Crippen molar-refractivity contribution in [3.63, 3.8) is 0 Å². The van der Waals surface area contributed by atoms with Crippen LogP contribution in [0.4, 0.5) is 0 Å². The van der Waals surface area contributed by atoms with E-state index in [0.717, 1.165) is 11.1 Å². The van der Waals surface area contributed by atoms with Crippen LogP contribution in [-0.4, -0.2) is 26.4 Å². The maximum atomic E-state index is 12.7. The Morgan fingerprint density at radius 1 is 0.844 bits per heavy atom. The number of amides is 1. The van der Waals surface area contributed by atoms with E-state index in [1.165, 1.54) is 5.41 Å². The molecule has 0 radical (unpaired) electrons. The number of carbonyl (C=O) groups excluding carboxylic acids is 1. The van der Waals surface area contributed by atoms with Gasteiger partial charge in [-0.25, -0.2) is 8.42 Å². The number of rotatable bonds is 10. The summed E-state index contributed by atoms with van der Waals surface area (Å²) in [4.78, 5) is 13.0. The molecule has 0 saturated carbocycles. The average Bonchev–Trinajstić information content (AvgIpc) is 2.82. The van der Waals surface area contributed by atoms with Crippen molar-refractivity contribution in [1.82, 2.24) is 5.32 Å². The van der Waals surface area contributed by atoms with Gasteiger partial charge < -0.3 is 11.1 Å². The molecule has 3 aromatic rings. The van der Waals surface area contributed by atoms with Gasteiger partial charge in [0, 0.05) is 11.4 Å². The van der Waals surface area contributed by atoms with E-state index >= 15 is 0 Å². The van der Waals surface area contributed by atoms with E-state index < -0.39 is 21.9 Å². The van der Waals surface area contributed by atoms with Gasteiger partial charge in [0.25, 0.3) is 0 Å². The fraction of sp³-hybridized carbons (Fsp3) is 0.192. The maximum absolute atomic E-state index is 12.7. The first kappa shape index (κ1) is 23.4. The minimum absolute atomic E-state index is 0.213. The molecule has 0 bridgehead atoms. The summed E-state index contributed by atoms with van der Waals surface area (Å²) < 4.78 is 25.3. The topological polar surface area (TPSA) is 89.3 Å². The fourth-order valence-corrected chi connectivity index (χ4v) is 4.41.